The molecule has 0 saturated heterocycles. The van der Waals surface area contributed by atoms with Crippen LogP contribution in [0.4, 0.5) is 0 Å². The molecule has 0 saturated carbocycles. The van der Waals surface area contributed by atoms with E-state index in [0.717, 1.165) is 7.11 Å². The van der Waals surface area contributed by atoms with Crippen molar-refractivity contribution in [1.29, 1.82) is 0 Å². The second kappa shape index (κ2) is 6.31. The van der Waals surface area contributed by atoms with Gasteiger partial charge in [0.2, 0.25) is 0 Å². The second-order valence-corrected chi connectivity index (χ2v) is 4.62. The molecule has 0 spiro atoms. The molecule has 2 heterocycles. The van der Waals surface area contributed by atoms with Crippen LogP contribution in [0, 0.1) is 0 Å². The molecular formula is C12H12N2O5S. The molecule has 8 heteroatoms. The number of hydrogen-bond donors (Lipinski definition) is 2. The van der Waals surface area contributed by atoms with Crippen molar-refractivity contribution in [2.75, 3.05) is 13.7 Å². The number of aliphatic hydroxyl groups excluding tert-OH is 1. The van der Waals surface area contributed by atoms with Crippen molar-refractivity contribution in [3.63, 3.8) is 0 Å². The molecule has 1 atom stereocenters. The first-order chi connectivity index (χ1) is 9.61. The Morgan fingerprint density at radius 3 is 3.05 bits per heavy atom. The first-order valence-electron chi connectivity index (χ1n) is 5.65. The third-order valence-corrected chi connectivity index (χ3v) is 3.25. The summed E-state index contributed by atoms with van der Waals surface area (Å²) in [5.41, 5.74) is 0.193. The van der Waals surface area contributed by atoms with Crippen LogP contribution in [-0.4, -0.2) is 41.7 Å². The molecule has 0 aliphatic heterocycles. The summed E-state index contributed by atoms with van der Waals surface area (Å²) in [6, 6.07) is 3.46. The summed E-state index contributed by atoms with van der Waals surface area (Å²) >= 11 is 1.26. The number of amides is 1. The van der Waals surface area contributed by atoms with Gasteiger partial charge in [-0.15, -0.1) is 11.3 Å². The smallest absolute Gasteiger partial charge is 0.336 e. The van der Waals surface area contributed by atoms with Crippen LogP contribution in [-0.2, 0) is 9.53 Å². The molecule has 7 nitrogen and oxygen atoms in total. The van der Waals surface area contributed by atoms with Crippen molar-refractivity contribution in [3.05, 3.63) is 29.5 Å². The van der Waals surface area contributed by atoms with Crippen molar-refractivity contribution >= 4 is 23.2 Å². The monoisotopic (exact) mass is 296 g/mol. The molecule has 0 aliphatic rings. The van der Waals surface area contributed by atoms with Crippen molar-refractivity contribution < 1.29 is 23.8 Å². The summed E-state index contributed by atoms with van der Waals surface area (Å²) in [4.78, 5) is 26.9. The molecule has 2 aromatic rings. The lowest BCUT2D eigenvalue weighted by molar-refractivity contribution is -0.149. The normalized spacial score (nSPS) is 11.9. The SMILES string of the molecule is COC(=O)C(O)CNC(=O)c1csc(-c2ccco2)n1. The fourth-order valence-electron chi connectivity index (χ4n) is 1.39. The Hall–Kier alpha value is -2.19. The van der Waals surface area contributed by atoms with Gasteiger partial charge in [0.1, 0.15) is 5.69 Å². The van der Waals surface area contributed by atoms with Gasteiger partial charge in [0.05, 0.1) is 19.9 Å². The van der Waals surface area contributed by atoms with E-state index in [9.17, 15) is 14.7 Å². The molecule has 0 bridgehead atoms. The highest BCUT2D eigenvalue weighted by Crippen LogP contribution is 2.23. The number of furan rings is 1. The summed E-state index contributed by atoms with van der Waals surface area (Å²) < 4.78 is 9.51. The Balaban J connectivity index is 1.95. The van der Waals surface area contributed by atoms with E-state index in [1.54, 1.807) is 17.5 Å². The number of methoxy groups -OCH3 is 1. The summed E-state index contributed by atoms with van der Waals surface area (Å²) in [6.07, 6.45) is 0.121. The minimum atomic E-state index is -1.40. The van der Waals surface area contributed by atoms with E-state index in [-0.39, 0.29) is 12.2 Å². The Labute approximate surface area is 118 Å². The van der Waals surface area contributed by atoms with Crippen LogP contribution < -0.4 is 5.32 Å². The summed E-state index contributed by atoms with van der Waals surface area (Å²) in [5.74, 6) is -0.717. The fraction of sp³-hybridized carbons (Fsp3) is 0.250. The molecule has 2 aromatic heterocycles. The lowest BCUT2D eigenvalue weighted by Crippen LogP contribution is -2.37. The highest BCUT2D eigenvalue weighted by atomic mass is 32.1. The van der Waals surface area contributed by atoms with E-state index >= 15 is 0 Å². The van der Waals surface area contributed by atoms with Gasteiger partial charge in [0.15, 0.2) is 16.9 Å². The number of rotatable bonds is 5. The van der Waals surface area contributed by atoms with Crippen LogP contribution in [0.1, 0.15) is 10.5 Å². The lowest BCUT2D eigenvalue weighted by Gasteiger charge is -2.08. The zero-order valence-corrected chi connectivity index (χ0v) is 11.3. The van der Waals surface area contributed by atoms with Gasteiger partial charge < -0.3 is 19.6 Å². The van der Waals surface area contributed by atoms with Crippen LogP contribution in [0.2, 0.25) is 0 Å². The number of esters is 1. The second-order valence-electron chi connectivity index (χ2n) is 3.76. The molecule has 0 radical (unpaired) electrons. The number of carbonyl (C=O) groups is 2. The molecule has 1 amide bonds. The van der Waals surface area contributed by atoms with Crippen LogP contribution in [0.25, 0.3) is 10.8 Å². The molecule has 0 aromatic carbocycles. The van der Waals surface area contributed by atoms with Crippen LogP contribution in [0.3, 0.4) is 0 Å². The third-order valence-electron chi connectivity index (χ3n) is 2.40. The maximum absolute atomic E-state index is 11.8. The number of nitrogens with one attached hydrogen (secondary N) is 1. The van der Waals surface area contributed by atoms with Gasteiger partial charge in [-0.05, 0) is 12.1 Å². The Bertz CT molecular complexity index is 593. The van der Waals surface area contributed by atoms with Crippen molar-refractivity contribution in [3.8, 4) is 10.8 Å². The third kappa shape index (κ3) is 3.22. The number of aromatic nitrogens is 1. The van der Waals surface area contributed by atoms with E-state index < -0.39 is 18.0 Å². The average Bonchev–Trinajstić information content (AvgIpc) is 3.12. The molecule has 0 fully saturated rings. The molecule has 2 rings (SSSR count). The highest BCUT2D eigenvalue weighted by molar-refractivity contribution is 7.13. The van der Waals surface area contributed by atoms with Gasteiger partial charge in [-0.25, -0.2) is 9.78 Å². The topological polar surface area (TPSA) is 102 Å². The minimum absolute atomic E-state index is 0.193. The molecule has 2 N–H and O–H groups in total. The van der Waals surface area contributed by atoms with Gasteiger partial charge in [-0.1, -0.05) is 0 Å². The Morgan fingerprint density at radius 2 is 2.40 bits per heavy atom. The van der Waals surface area contributed by atoms with Gasteiger partial charge in [0, 0.05) is 5.38 Å². The molecular weight excluding hydrogens is 284 g/mol. The van der Waals surface area contributed by atoms with Crippen molar-refractivity contribution in [1.82, 2.24) is 10.3 Å². The fourth-order valence-corrected chi connectivity index (χ4v) is 2.16. The maximum Gasteiger partial charge on any atom is 0.336 e. The van der Waals surface area contributed by atoms with Gasteiger partial charge in [-0.2, -0.15) is 0 Å². The highest BCUT2D eigenvalue weighted by Gasteiger charge is 2.18. The predicted molar refractivity (Wildman–Crippen MR) is 70.2 cm³/mol. The van der Waals surface area contributed by atoms with Crippen LogP contribution >= 0.6 is 11.3 Å². The largest absolute Gasteiger partial charge is 0.467 e. The van der Waals surface area contributed by atoms with E-state index in [1.807, 2.05) is 0 Å². The number of nitrogens with zero attached hydrogens (tertiary/aromatic N) is 1. The number of ether oxygens (including phenoxy) is 1. The van der Waals surface area contributed by atoms with Gasteiger partial charge in [-0.3, -0.25) is 4.79 Å². The van der Waals surface area contributed by atoms with E-state index in [0.29, 0.717) is 10.8 Å². The van der Waals surface area contributed by atoms with Gasteiger partial charge >= 0.3 is 5.97 Å². The first kappa shape index (κ1) is 14.2. The standard InChI is InChI=1S/C12H12N2O5S/c1-18-12(17)8(15)5-13-10(16)7-6-20-11(14-7)9-3-2-4-19-9/h2-4,6,8,15H,5H2,1H3,(H,13,16). The quantitative estimate of drug-likeness (QED) is 0.786. The zero-order chi connectivity index (χ0) is 14.5. The number of thiazole rings is 1. The molecule has 20 heavy (non-hydrogen) atoms. The maximum atomic E-state index is 11.8. The molecule has 106 valence electrons. The minimum Gasteiger partial charge on any atom is -0.467 e. The van der Waals surface area contributed by atoms with E-state index in [4.69, 9.17) is 4.42 Å². The first-order valence-corrected chi connectivity index (χ1v) is 6.53. The van der Waals surface area contributed by atoms with Crippen molar-refractivity contribution in [2.45, 2.75) is 6.10 Å². The lowest BCUT2D eigenvalue weighted by atomic mass is 10.3. The number of hydrogen-bond acceptors (Lipinski definition) is 7. The van der Waals surface area contributed by atoms with Crippen LogP contribution in [0.5, 0.6) is 0 Å². The number of aliphatic hydroxyl groups is 1. The summed E-state index contributed by atoms with van der Waals surface area (Å²) in [5, 5.41) is 13.9. The molecule has 0 aliphatic carbocycles. The van der Waals surface area contributed by atoms with E-state index in [1.165, 1.54) is 17.6 Å². The Morgan fingerprint density at radius 1 is 1.60 bits per heavy atom. The van der Waals surface area contributed by atoms with Crippen molar-refractivity contribution in [2.24, 2.45) is 0 Å². The summed E-state index contributed by atoms with van der Waals surface area (Å²) in [7, 11) is 1.16. The number of carbonyl (C=O) groups excluding carboxylic acids is 2. The average molecular weight is 296 g/mol. The Kier molecular flexibility index (Phi) is 4.49. The zero-order valence-electron chi connectivity index (χ0n) is 10.5. The summed E-state index contributed by atoms with van der Waals surface area (Å²) in [6.45, 7) is -0.237. The van der Waals surface area contributed by atoms with Crippen LogP contribution in [0.15, 0.2) is 28.2 Å². The molecule has 1 unspecified atom stereocenters. The van der Waals surface area contributed by atoms with Gasteiger partial charge in [0.25, 0.3) is 5.91 Å². The van der Waals surface area contributed by atoms with E-state index in [2.05, 4.69) is 15.0 Å². The predicted octanol–water partition coefficient (Wildman–Crippen LogP) is 0.667.